The van der Waals surface area contributed by atoms with Crippen molar-refractivity contribution in [2.24, 2.45) is 7.05 Å². The number of carbonyl (C=O) groups excluding carboxylic acids is 2. The SMILES string of the molecule is CCOC(=O)OC1CCN(c2ncnc(Oc3cc(C(F)(F)F)nn3C)c2NC(C)=O)CC1. The molecular formula is C19H23F3N6O5. The fourth-order valence-electron chi connectivity index (χ4n) is 3.22. The lowest BCUT2D eigenvalue weighted by molar-refractivity contribution is -0.141. The first-order valence-corrected chi connectivity index (χ1v) is 10.1. The molecule has 2 aromatic heterocycles. The van der Waals surface area contributed by atoms with Crippen LogP contribution in [0.15, 0.2) is 12.4 Å². The Morgan fingerprint density at radius 2 is 1.94 bits per heavy atom. The van der Waals surface area contributed by atoms with Crippen molar-refractivity contribution in [3.8, 4) is 11.8 Å². The number of aryl methyl sites for hydroxylation is 1. The van der Waals surface area contributed by atoms with E-state index in [1.54, 1.807) is 6.92 Å². The highest BCUT2D eigenvalue weighted by atomic mass is 19.4. The first kappa shape index (κ1) is 24.1. The van der Waals surface area contributed by atoms with Crippen molar-refractivity contribution in [1.82, 2.24) is 19.7 Å². The van der Waals surface area contributed by atoms with E-state index in [2.05, 4.69) is 20.4 Å². The number of rotatable bonds is 6. The van der Waals surface area contributed by atoms with Crippen molar-refractivity contribution in [1.29, 1.82) is 0 Å². The minimum absolute atomic E-state index is 0.101. The zero-order valence-electron chi connectivity index (χ0n) is 18.2. The molecule has 1 N–H and O–H groups in total. The van der Waals surface area contributed by atoms with Gasteiger partial charge in [-0.25, -0.2) is 14.5 Å². The second-order valence-electron chi connectivity index (χ2n) is 7.14. The molecule has 0 saturated carbocycles. The fraction of sp³-hybridized carbons (Fsp3) is 0.526. The number of nitrogens with one attached hydrogen (secondary N) is 1. The number of hydrogen-bond acceptors (Lipinski definition) is 9. The molecule has 1 aliphatic rings. The Bertz CT molecular complexity index is 1000. The van der Waals surface area contributed by atoms with E-state index in [1.165, 1.54) is 20.3 Å². The van der Waals surface area contributed by atoms with Gasteiger partial charge in [-0.1, -0.05) is 0 Å². The van der Waals surface area contributed by atoms with Crippen molar-refractivity contribution in [2.45, 2.75) is 39.0 Å². The Balaban J connectivity index is 1.82. The molecule has 2 aromatic rings. The van der Waals surface area contributed by atoms with Crippen molar-refractivity contribution in [3.63, 3.8) is 0 Å². The van der Waals surface area contributed by atoms with Gasteiger partial charge in [-0.3, -0.25) is 4.79 Å². The van der Waals surface area contributed by atoms with Crippen molar-refractivity contribution in [3.05, 3.63) is 18.1 Å². The number of ether oxygens (including phenoxy) is 3. The molecule has 0 aliphatic carbocycles. The van der Waals surface area contributed by atoms with Crippen LogP contribution in [-0.2, 0) is 27.5 Å². The Hall–Kier alpha value is -3.58. The van der Waals surface area contributed by atoms with Crippen LogP contribution in [0.25, 0.3) is 0 Å². The number of anilines is 2. The molecular weight excluding hydrogens is 449 g/mol. The minimum Gasteiger partial charge on any atom is -0.435 e. The van der Waals surface area contributed by atoms with E-state index in [0.29, 0.717) is 31.7 Å². The maximum absolute atomic E-state index is 13.0. The third-order valence-electron chi connectivity index (χ3n) is 4.69. The van der Waals surface area contributed by atoms with Gasteiger partial charge in [-0.15, -0.1) is 0 Å². The summed E-state index contributed by atoms with van der Waals surface area (Å²) >= 11 is 0. The number of carbonyl (C=O) groups is 2. The Morgan fingerprint density at radius 3 is 2.52 bits per heavy atom. The predicted molar refractivity (Wildman–Crippen MR) is 108 cm³/mol. The van der Waals surface area contributed by atoms with Crippen LogP contribution in [0.5, 0.6) is 11.8 Å². The largest absolute Gasteiger partial charge is 0.508 e. The van der Waals surface area contributed by atoms with Crippen LogP contribution in [0.3, 0.4) is 0 Å². The summed E-state index contributed by atoms with van der Waals surface area (Å²) < 4.78 is 55.4. The molecule has 14 heteroatoms. The summed E-state index contributed by atoms with van der Waals surface area (Å²) in [5, 5.41) is 5.99. The van der Waals surface area contributed by atoms with Gasteiger partial charge in [-0.2, -0.15) is 23.3 Å². The Labute approximate surface area is 186 Å². The summed E-state index contributed by atoms with van der Waals surface area (Å²) in [5.41, 5.74) is -1.02. The maximum atomic E-state index is 13.0. The third kappa shape index (κ3) is 6.02. The van der Waals surface area contributed by atoms with Gasteiger partial charge in [0, 0.05) is 46.0 Å². The molecule has 33 heavy (non-hydrogen) atoms. The Morgan fingerprint density at radius 1 is 1.24 bits per heavy atom. The third-order valence-corrected chi connectivity index (χ3v) is 4.69. The molecule has 11 nitrogen and oxygen atoms in total. The number of alkyl halides is 3. The summed E-state index contributed by atoms with van der Waals surface area (Å²) in [6.07, 6.45) is -3.57. The summed E-state index contributed by atoms with van der Waals surface area (Å²) in [6, 6.07) is 0.734. The molecule has 0 bridgehead atoms. The first-order valence-electron chi connectivity index (χ1n) is 10.1. The van der Waals surface area contributed by atoms with E-state index >= 15 is 0 Å². The van der Waals surface area contributed by atoms with E-state index in [0.717, 1.165) is 10.7 Å². The van der Waals surface area contributed by atoms with Crippen LogP contribution >= 0.6 is 0 Å². The first-order chi connectivity index (χ1) is 15.6. The zero-order chi connectivity index (χ0) is 24.2. The molecule has 1 saturated heterocycles. The molecule has 0 atom stereocenters. The molecule has 0 unspecified atom stereocenters. The number of amides is 1. The molecule has 180 valence electrons. The summed E-state index contributed by atoms with van der Waals surface area (Å²) in [7, 11) is 1.29. The highest BCUT2D eigenvalue weighted by molar-refractivity contribution is 5.93. The predicted octanol–water partition coefficient (Wildman–Crippen LogP) is 3.12. The zero-order valence-corrected chi connectivity index (χ0v) is 18.2. The lowest BCUT2D eigenvalue weighted by Gasteiger charge is -2.33. The van der Waals surface area contributed by atoms with Crippen LogP contribution in [0, 0.1) is 0 Å². The molecule has 0 radical (unpaired) electrons. The van der Waals surface area contributed by atoms with Crippen LogP contribution in [0.4, 0.5) is 29.5 Å². The highest BCUT2D eigenvalue weighted by Gasteiger charge is 2.35. The summed E-state index contributed by atoms with van der Waals surface area (Å²) in [5.74, 6) is -0.489. The van der Waals surface area contributed by atoms with Gasteiger partial charge in [0.1, 0.15) is 18.1 Å². The molecule has 1 fully saturated rings. The topological polar surface area (TPSA) is 121 Å². The van der Waals surface area contributed by atoms with E-state index in [4.69, 9.17) is 14.2 Å². The van der Waals surface area contributed by atoms with Gasteiger partial charge in [0.25, 0.3) is 0 Å². The smallest absolute Gasteiger partial charge is 0.435 e. The molecule has 1 amide bonds. The standard InChI is InChI=1S/C19H23F3N6O5/c1-4-31-18(30)32-12-5-7-28(8-6-12)16-15(25-11(2)29)17(24-10-23-16)33-14-9-13(19(20,21)22)26-27(14)3/h9-10,12H,4-8H2,1-3H3,(H,25,29). The van der Waals surface area contributed by atoms with E-state index in [9.17, 15) is 22.8 Å². The van der Waals surface area contributed by atoms with E-state index < -0.39 is 23.9 Å². The normalized spacial score (nSPS) is 14.7. The quantitative estimate of drug-likeness (QED) is 0.632. The van der Waals surface area contributed by atoms with Crippen LogP contribution in [-0.4, -0.2) is 57.6 Å². The van der Waals surface area contributed by atoms with Crippen LogP contribution in [0.2, 0.25) is 0 Å². The lowest BCUT2D eigenvalue weighted by Crippen LogP contribution is -2.39. The lowest BCUT2D eigenvalue weighted by atomic mass is 10.1. The second-order valence-corrected chi connectivity index (χ2v) is 7.14. The molecule has 3 rings (SSSR count). The summed E-state index contributed by atoms with van der Waals surface area (Å²) in [4.78, 5) is 33.4. The fourth-order valence-corrected chi connectivity index (χ4v) is 3.22. The van der Waals surface area contributed by atoms with Crippen LogP contribution in [0.1, 0.15) is 32.4 Å². The monoisotopic (exact) mass is 472 g/mol. The maximum Gasteiger partial charge on any atom is 0.508 e. The molecule has 0 aromatic carbocycles. The minimum atomic E-state index is -4.65. The van der Waals surface area contributed by atoms with Gasteiger partial charge in [0.15, 0.2) is 11.5 Å². The van der Waals surface area contributed by atoms with Crippen molar-refractivity contribution in [2.75, 3.05) is 29.9 Å². The van der Waals surface area contributed by atoms with Crippen LogP contribution < -0.4 is 15.0 Å². The number of halogens is 3. The van der Waals surface area contributed by atoms with Crippen molar-refractivity contribution >= 4 is 23.6 Å². The molecule has 0 spiro atoms. The number of nitrogens with zero attached hydrogens (tertiary/aromatic N) is 5. The highest BCUT2D eigenvalue weighted by Crippen LogP contribution is 2.37. The van der Waals surface area contributed by atoms with Gasteiger partial charge in [-0.05, 0) is 6.92 Å². The van der Waals surface area contributed by atoms with E-state index in [-0.39, 0.29) is 30.2 Å². The van der Waals surface area contributed by atoms with E-state index in [1.807, 2.05) is 4.90 Å². The van der Waals surface area contributed by atoms with Gasteiger partial charge in [0.2, 0.25) is 17.7 Å². The average molecular weight is 472 g/mol. The number of piperidine rings is 1. The summed E-state index contributed by atoms with van der Waals surface area (Å²) in [6.45, 7) is 4.01. The molecule has 1 aliphatic heterocycles. The number of hydrogen-bond donors (Lipinski definition) is 1. The van der Waals surface area contributed by atoms with Crippen molar-refractivity contribution < 1.29 is 37.0 Å². The second kappa shape index (κ2) is 9.92. The van der Waals surface area contributed by atoms with Gasteiger partial charge in [0.05, 0.1) is 6.61 Å². The van der Waals surface area contributed by atoms with Gasteiger partial charge < -0.3 is 24.4 Å². The average Bonchev–Trinajstić information content (AvgIpc) is 3.10. The van der Waals surface area contributed by atoms with Gasteiger partial charge >= 0.3 is 12.3 Å². The number of aromatic nitrogens is 4. The molecule has 3 heterocycles. The Kier molecular flexibility index (Phi) is 7.23.